The Bertz CT molecular complexity index is 388. The summed E-state index contributed by atoms with van der Waals surface area (Å²) in [5, 5.41) is 0.241. The van der Waals surface area contributed by atoms with Crippen LogP contribution in [0.2, 0.25) is 5.15 Å². The van der Waals surface area contributed by atoms with Gasteiger partial charge < -0.3 is 10.6 Å². The number of anilines is 1. The highest BCUT2D eigenvalue weighted by Crippen LogP contribution is 2.14. The summed E-state index contributed by atoms with van der Waals surface area (Å²) in [5.74, 6) is 0.651. The SMILES string of the molecule is CCC(C)CN(C)C(=O)c1cc(N)nc(Cl)c1. The van der Waals surface area contributed by atoms with E-state index in [-0.39, 0.29) is 16.9 Å². The third-order valence-corrected chi connectivity index (χ3v) is 2.88. The maximum atomic E-state index is 12.1. The first kappa shape index (κ1) is 13.8. The molecule has 0 aliphatic carbocycles. The summed E-state index contributed by atoms with van der Waals surface area (Å²) in [6.07, 6.45) is 1.04. The van der Waals surface area contributed by atoms with Crippen molar-refractivity contribution in [3.05, 3.63) is 22.8 Å². The van der Waals surface area contributed by atoms with Crippen LogP contribution < -0.4 is 5.73 Å². The van der Waals surface area contributed by atoms with Gasteiger partial charge >= 0.3 is 0 Å². The Hall–Kier alpha value is -1.29. The second kappa shape index (κ2) is 5.87. The van der Waals surface area contributed by atoms with Crippen LogP contribution in [0.5, 0.6) is 0 Å². The second-order valence-corrected chi connectivity index (χ2v) is 4.69. The van der Waals surface area contributed by atoms with Gasteiger partial charge in [0, 0.05) is 19.2 Å². The Labute approximate surface area is 107 Å². The molecule has 0 aliphatic heterocycles. The van der Waals surface area contributed by atoms with E-state index in [0.717, 1.165) is 13.0 Å². The lowest BCUT2D eigenvalue weighted by Gasteiger charge is -2.21. The van der Waals surface area contributed by atoms with E-state index in [2.05, 4.69) is 18.8 Å². The minimum absolute atomic E-state index is 0.0821. The van der Waals surface area contributed by atoms with Crippen LogP contribution in [0.25, 0.3) is 0 Å². The minimum Gasteiger partial charge on any atom is -0.384 e. The van der Waals surface area contributed by atoms with E-state index in [4.69, 9.17) is 17.3 Å². The van der Waals surface area contributed by atoms with E-state index in [1.54, 1.807) is 18.0 Å². The smallest absolute Gasteiger partial charge is 0.253 e. The highest BCUT2D eigenvalue weighted by Gasteiger charge is 2.15. The molecule has 0 saturated heterocycles. The Balaban J connectivity index is 2.81. The molecule has 17 heavy (non-hydrogen) atoms. The number of halogens is 1. The molecule has 5 heteroatoms. The van der Waals surface area contributed by atoms with Crippen LogP contribution >= 0.6 is 11.6 Å². The van der Waals surface area contributed by atoms with Crippen LogP contribution in [-0.2, 0) is 0 Å². The van der Waals surface area contributed by atoms with Gasteiger partial charge in [0.15, 0.2) is 0 Å². The lowest BCUT2D eigenvalue weighted by molar-refractivity contribution is 0.0775. The molecule has 1 heterocycles. The van der Waals surface area contributed by atoms with Gasteiger partial charge in [-0.15, -0.1) is 0 Å². The van der Waals surface area contributed by atoms with Crippen LogP contribution in [0.15, 0.2) is 12.1 Å². The molecule has 1 aromatic rings. The molecule has 0 fully saturated rings. The number of aromatic nitrogens is 1. The summed E-state index contributed by atoms with van der Waals surface area (Å²) in [6, 6.07) is 3.08. The van der Waals surface area contributed by atoms with Crippen LogP contribution in [-0.4, -0.2) is 29.4 Å². The molecule has 1 amide bonds. The van der Waals surface area contributed by atoms with Gasteiger partial charge in [0.2, 0.25) is 0 Å². The first-order valence-corrected chi connectivity index (χ1v) is 6.00. The first-order valence-electron chi connectivity index (χ1n) is 5.62. The van der Waals surface area contributed by atoms with E-state index >= 15 is 0 Å². The summed E-state index contributed by atoms with van der Waals surface area (Å²) in [7, 11) is 1.78. The van der Waals surface area contributed by atoms with E-state index in [1.807, 2.05) is 0 Å². The Kier molecular flexibility index (Phi) is 4.75. The van der Waals surface area contributed by atoms with Crippen molar-refractivity contribution >= 4 is 23.3 Å². The second-order valence-electron chi connectivity index (χ2n) is 4.30. The van der Waals surface area contributed by atoms with Gasteiger partial charge in [0.05, 0.1) is 0 Å². The van der Waals surface area contributed by atoms with Crippen molar-refractivity contribution in [3.63, 3.8) is 0 Å². The zero-order valence-electron chi connectivity index (χ0n) is 10.4. The lowest BCUT2D eigenvalue weighted by Crippen LogP contribution is -2.31. The van der Waals surface area contributed by atoms with Gasteiger partial charge in [-0.2, -0.15) is 0 Å². The molecule has 4 nitrogen and oxygen atoms in total. The van der Waals surface area contributed by atoms with Gasteiger partial charge in [0.25, 0.3) is 5.91 Å². The zero-order chi connectivity index (χ0) is 13.0. The van der Waals surface area contributed by atoms with Crippen LogP contribution in [0, 0.1) is 5.92 Å². The third kappa shape index (κ3) is 3.89. The lowest BCUT2D eigenvalue weighted by atomic mass is 10.1. The summed E-state index contributed by atoms with van der Waals surface area (Å²) >= 11 is 5.77. The van der Waals surface area contributed by atoms with E-state index in [1.165, 1.54) is 6.07 Å². The van der Waals surface area contributed by atoms with E-state index in [9.17, 15) is 4.79 Å². The molecule has 1 atom stereocenters. The summed E-state index contributed by atoms with van der Waals surface area (Å²) in [5.41, 5.74) is 6.04. The molecule has 2 N–H and O–H groups in total. The van der Waals surface area contributed by atoms with Crippen molar-refractivity contribution in [3.8, 4) is 0 Å². The highest BCUT2D eigenvalue weighted by molar-refractivity contribution is 6.29. The molecular formula is C12H18ClN3O. The fourth-order valence-corrected chi connectivity index (χ4v) is 1.76. The normalized spacial score (nSPS) is 12.2. The topological polar surface area (TPSA) is 59.2 Å². The minimum atomic E-state index is -0.0821. The third-order valence-electron chi connectivity index (χ3n) is 2.69. The van der Waals surface area contributed by atoms with Crippen molar-refractivity contribution in [2.45, 2.75) is 20.3 Å². The number of hydrogen-bond acceptors (Lipinski definition) is 3. The Morgan fingerprint density at radius 1 is 1.59 bits per heavy atom. The van der Waals surface area contributed by atoms with Gasteiger partial charge in [-0.1, -0.05) is 31.9 Å². The molecule has 94 valence electrons. The van der Waals surface area contributed by atoms with Gasteiger partial charge in [0.1, 0.15) is 11.0 Å². The summed E-state index contributed by atoms with van der Waals surface area (Å²) in [4.78, 5) is 17.6. The van der Waals surface area contributed by atoms with Gasteiger partial charge in [-0.3, -0.25) is 4.79 Å². The quantitative estimate of drug-likeness (QED) is 0.841. The van der Waals surface area contributed by atoms with Crippen molar-refractivity contribution in [1.82, 2.24) is 9.88 Å². The van der Waals surface area contributed by atoms with Gasteiger partial charge in [-0.25, -0.2) is 4.98 Å². The van der Waals surface area contributed by atoms with Crippen molar-refractivity contribution in [1.29, 1.82) is 0 Å². The molecule has 0 aliphatic rings. The monoisotopic (exact) mass is 255 g/mol. The molecule has 1 rings (SSSR count). The van der Waals surface area contributed by atoms with Crippen molar-refractivity contribution in [2.24, 2.45) is 5.92 Å². The number of nitrogens with two attached hydrogens (primary N) is 1. The molecular weight excluding hydrogens is 238 g/mol. The molecule has 1 aromatic heterocycles. The molecule has 1 unspecified atom stereocenters. The van der Waals surface area contributed by atoms with Crippen LogP contribution in [0.1, 0.15) is 30.6 Å². The van der Waals surface area contributed by atoms with Crippen LogP contribution in [0.4, 0.5) is 5.82 Å². The number of nitrogens with zero attached hydrogens (tertiary/aromatic N) is 2. The first-order chi connectivity index (χ1) is 7.93. The Morgan fingerprint density at radius 2 is 2.24 bits per heavy atom. The number of carbonyl (C=O) groups excluding carboxylic acids is 1. The fraction of sp³-hybridized carbons (Fsp3) is 0.500. The summed E-state index contributed by atoms with van der Waals surface area (Å²) in [6.45, 7) is 4.93. The molecule has 0 spiro atoms. The standard InChI is InChI=1S/C12H18ClN3O/c1-4-8(2)7-16(3)12(17)9-5-10(13)15-11(14)6-9/h5-6,8H,4,7H2,1-3H3,(H2,14,15). The predicted molar refractivity (Wildman–Crippen MR) is 70.1 cm³/mol. The maximum Gasteiger partial charge on any atom is 0.253 e. The number of nitrogen functional groups attached to an aromatic ring is 1. The zero-order valence-corrected chi connectivity index (χ0v) is 11.2. The molecule has 0 saturated carbocycles. The van der Waals surface area contributed by atoms with Crippen LogP contribution in [0.3, 0.4) is 0 Å². The number of hydrogen-bond donors (Lipinski definition) is 1. The maximum absolute atomic E-state index is 12.1. The predicted octanol–water partition coefficient (Wildman–Crippen LogP) is 2.44. The molecule has 0 aromatic carbocycles. The van der Waals surface area contributed by atoms with E-state index < -0.39 is 0 Å². The average molecular weight is 256 g/mol. The number of pyridine rings is 1. The average Bonchev–Trinajstić information content (AvgIpc) is 2.26. The largest absolute Gasteiger partial charge is 0.384 e. The highest BCUT2D eigenvalue weighted by atomic mass is 35.5. The molecule has 0 bridgehead atoms. The number of carbonyl (C=O) groups is 1. The number of amides is 1. The van der Waals surface area contributed by atoms with Gasteiger partial charge in [-0.05, 0) is 18.1 Å². The van der Waals surface area contributed by atoms with Crippen molar-refractivity contribution < 1.29 is 4.79 Å². The number of rotatable bonds is 4. The fourth-order valence-electron chi connectivity index (χ4n) is 1.54. The molecule has 0 radical (unpaired) electrons. The summed E-state index contributed by atoms with van der Waals surface area (Å²) < 4.78 is 0. The van der Waals surface area contributed by atoms with Crippen molar-refractivity contribution in [2.75, 3.05) is 19.3 Å². The Morgan fingerprint density at radius 3 is 2.76 bits per heavy atom. The van der Waals surface area contributed by atoms with E-state index in [0.29, 0.717) is 11.5 Å².